The Kier molecular flexibility index (Phi) is 5.30. The normalized spacial score (nSPS) is 31.4. The van der Waals surface area contributed by atoms with Crippen molar-refractivity contribution < 1.29 is 0 Å². The summed E-state index contributed by atoms with van der Waals surface area (Å²) in [6.45, 7) is 9.54. The average Bonchev–Trinajstić information content (AvgIpc) is 2.33. The summed E-state index contributed by atoms with van der Waals surface area (Å²) in [6, 6.07) is 1.71. The summed E-state index contributed by atoms with van der Waals surface area (Å²) in [5, 5.41) is 3.61. The predicted molar refractivity (Wildman–Crippen MR) is 83.5 cm³/mol. The number of hydrogen-bond acceptors (Lipinski definition) is 2. The van der Waals surface area contributed by atoms with E-state index in [2.05, 4.69) is 38.0 Å². The molecule has 2 atom stereocenters. The van der Waals surface area contributed by atoms with Gasteiger partial charge in [0.05, 0.1) is 0 Å². The molecule has 2 heteroatoms. The van der Waals surface area contributed by atoms with Gasteiger partial charge in [-0.05, 0) is 76.4 Å². The highest BCUT2D eigenvalue weighted by atomic mass is 15.2. The molecule has 0 amide bonds. The van der Waals surface area contributed by atoms with Crippen LogP contribution >= 0.6 is 0 Å². The van der Waals surface area contributed by atoms with Gasteiger partial charge in [0, 0.05) is 12.1 Å². The molecule has 2 unspecified atom stereocenters. The lowest BCUT2D eigenvalue weighted by molar-refractivity contribution is 0.0213. The van der Waals surface area contributed by atoms with Gasteiger partial charge in [-0.2, -0.15) is 0 Å². The molecule has 112 valence electrons. The second-order valence-corrected chi connectivity index (χ2v) is 7.67. The SMILES string of the molecule is CCCNCC1CCC1N(C)C1CCC(C)(C)CC1. The van der Waals surface area contributed by atoms with Crippen LogP contribution in [0.2, 0.25) is 0 Å². The van der Waals surface area contributed by atoms with E-state index in [0.717, 1.165) is 18.0 Å². The van der Waals surface area contributed by atoms with Crippen molar-refractivity contribution in [2.45, 2.75) is 77.8 Å². The maximum Gasteiger partial charge on any atom is 0.0136 e. The first kappa shape index (κ1) is 15.3. The zero-order valence-corrected chi connectivity index (χ0v) is 13.5. The lowest BCUT2D eigenvalue weighted by Gasteiger charge is -2.48. The Bertz CT molecular complexity index is 264. The van der Waals surface area contributed by atoms with Gasteiger partial charge >= 0.3 is 0 Å². The van der Waals surface area contributed by atoms with Crippen LogP contribution in [0.5, 0.6) is 0 Å². The quantitative estimate of drug-likeness (QED) is 0.738. The summed E-state index contributed by atoms with van der Waals surface area (Å²) in [6.07, 6.45) is 9.76. The molecule has 19 heavy (non-hydrogen) atoms. The van der Waals surface area contributed by atoms with E-state index < -0.39 is 0 Å². The Morgan fingerprint density at radius 2 is 1.79 bits per heavy atom. The predicted octanol–water partition coefficient (Wildman–Crippen LogP) is 3.67. The monoisotopic (exact) mass is 266 g/mol. The molecule has 2 fully saturated rings. The molecule has 2 nitrogen and oxygen atoms in total. The van der Waals surface area contributed by atoms with Crippen molar-refractivity contribution in [3.8, 4) is 0 Å². The Labute approximate surface area is 120 Å². The van der Waals surface area contributed by atoms with E-state index in [1.807, 2.05) is 0 Å². The van der Waals surface area contributed by atoms with E-state index in [0.29, 0.717) is 5.41 Å². The van der Waals surface area contributed by atoms with Crippen LogP contribution in [0.3, 0.4) is 0 Å². The number of nitrogens with one attached hydrogen (secondary N) is 1. The fourth-order valence-electron chi connectivity index (χ4n) is 3.85. The molecule has 0 spiro atoms. The third kappa shape index (κ3) is 3.95. The lowest BCUT2D eigenvalue weighted by Crippen LogP contribution is -2.53. The van der Waals surface area contributed by atoms with E-state index in [1.54, 1.807) is 0 Å². The van der Waals surface area contributed by atoms with Crippen LogP contribution < -0.4 is 5.32 Å². The Morgan fingerprint density at radius 1 is 1.11 bits per heavy atom. The zero-order valence-electron chi connectivity index (χ0n) is 13.5. The van der Waals surface area contributed by atoms with Crippen LogP contribution in [-0.2, 0) is 0 Å². The molecular formula is C17H34N2. The highest BCUT2D eigenvalue weighted by Gasteiger charge is 2.38. The molecule has 0 aromatic rings. The van der Waals surface area contributed by atoms with E-state index in [1.165, 1.54) is 58.0 Å². The van der Waals surface area contributed by atoms with Crippen molar-refractivity contribution in [2.75, 3.05) is 20.1 Å². The van der Waals surface area contributed by atoms with Gasteiger partial charge in [-0.1, -0.05) is 20.8 Å². The minimum Gasteiger partial charge on any atom is -0.316 e. The molecule has 0 aromatic heterocycles. The second kappa shape index (κ2) is 6.58. The molecule has 1 N–H and O–H groups in total. The number of nitrogens with zero attached hydrogens (tertiary/aromatic N) is 1. The van der Waals surface area contributed by atoms with Crippen molar-refractivity contribution in [3.05, 3.63) is 0 Å². The minimum absolute atomic E-state index is 0.596. The third-order valence-electron chi connectivity index (χ3n) is 5.62. The summed E-state index contributed by atoms with van der Waals surface area (Å²) in [4.78, 5) is 2.73. The fraction of sp³-hybridized carbons (Fsp3) is 1.00. The smallest absolute Gasteiger partial charge is 0.0136 e. The minimum atomic E-state index is 0.596. The van der Waals surface area contributed by atoms with Gasteiger partial charge in [-0.15, -0.1) is 0 Å². The van der Waals surface area contributed by atoms with Crippen molar-refractivity contribution in [3.63, 3.8) is 0 Å². The van der Waals surface area contributed by atoms with E-state index in [4.69, 9.17) is 0 Å². The first-order chi connectivity index (χ1) is 9.03. The summed E-state index contributed by atoms with van der Waals surface area (Å²) < 4.78 is 0. The summed E-state index contributed by atoms with van der Waals surface area (Å²) in [5.41, 5.74) is 0.596. The van der Waals surface area contributed by atoms with Crippen LogP contribution in [0.1, 0.15) is 65.7 Å². The number of hydrogen-bond donors (Lipinski definition) is 1. The van der Waals surface area contributed by atoms with Gasteiger partial charge in [0.2, 0.25) is 0 Å². The van der Waals surface area contributed by atoms with Crippen LogP contribution in [0.25, 0.3) is 0 Å². The molecule has 0 radical (unpaired) electrons. The van der Waals surface area contributed by atoms with E-state index >= 15 is 0 Å². The molecule has 0 aliphatic heterocycles. The van der Waals surface area contributed by atoms with Crippen molar-refractivity contribution >= 4 is 0 Å². The first-order valence-electron chi connectivity index (χ1n) is 8.46. The van der Waals surface area contributed by atoms with Crippen LogP contribution in [0.4, 0.5) is 0 Å². The van der Waals surface area contributed by atoms with Crippen LogP contribution in [-0.4, -0.2) is 37.1 Å². The highest BCUT2D eigenvalue weighted by Crippen LogP contribution is 2.40. The summed E-state index contributed by atoms with van der Waals surface area (Å²) >= 11 is 0. The van der Waals surface area contributed by atoms with Gasteiger partial charge in [0.1, 0.15) is 0 Å². The van der Waals surface area contributed by atoms with Gasteiger partial charge in [0.15, 0.2) is 0 Å². The van der Waals surface area contributed by atoms with E-state index in [9.17, 15) is 0 Å². The molecular weight excluding hydrogens is 232 g/mol. The largest absolute Gasteiger partial charge is 0.316 e. The highest BCUT2D eigenvalue weighted by molar-refractivity contribution is 4.93. The first-order valence-corrected chi connectivity index (χ1v) is 8.46. The van der Waals surface area contributed by atoms with Gasteiger partial charge in [0.25, 0.3) is 0 Å². The Balaban J connectivity index is 1.75. The fourth-order valence-corrected chi connectivity index (χ4v) is 3.85. The standard InChI is InChI=1S/C17H34N2/c1-5-12-18-13-14-6-7-16(14)19(4)15-8-10-17(2,3)11-9-15/h14-16,18H,5-13H2,1-4H3. The van der Waals surface area contributed by atoms with Crippen LogP contribution in [0, 0.1) is 11.3 Å². The van der Waals surface area contributed by atoms with Gasteiger partial charge in [-0.3, -0.25) is 0 Å². The summed E-state index contributed by atoms with van der Waals surface area (Å²) in [7, 11) is 2.39. The maximum atomic E-state index is 3.61. The Hall–Kier alpha value is -0.0800. The van der Waals surface area contributed by atoms with Crippen molar-refractivity contribution in [2.24, 2.45) is 11.3 Å². The molecule has 2 saturated carbocycles. The average molecular weight is 266 g/mol. The number of rotatable bonds is 6. The topological polar surface area (TPSA) is 15.3 Å². The summed E-state index contributed by atoms with van der Waals surface area (Å²) in [5.74, 6) is 0.909. The zero-order chi connectivity index (χ0) is 13.9. The molecule has 0 heterocycles. The second-order valence-electron chi connectivity index (χ2n) is 7.67. The molecule has 2 aliphatic rings. The molecule has 2 aliphatic carbocycles. The van der Waals surface area contributed by atoms with Gasteiger partial charge < -0.3 is 10.2 Å². The lowest BCUT2D eigenvalue weighted by atomic mass is 9.73. The molecule has 0 aromatic carbocycles. The van der Waals surface area contributed by atoms with E-state index in [-0.39, 0.29) is 0 Å². The molecule has 2 rings (SSSR count). The Morgan fingerprint density at radius 3 is 2.32 bits per heavy atom. The molecule has 0 bridgehead atoms. The van der Waals surface area contributed by atoms with Crippen molar-refractivity contribution in [1.82, 2.24) is 10.2 Å². The molecule has 0 saturated heterocycles. The van der Waals surface area contributed by atoms with Gasteiger partial charge in [-0.25, -0.2) is 0 Å². The van der Waals surface area contributed by atoms with Crippen LogP contribution in [0.15, 0.2) is 0 Å². The maximum absolute atomic E-state index is 3.61. The third-order valence-corrected chi connectivity index (χ3v) is 5.62. The van der Waals surface area contributed by atoms with Crippen molar-refractivity contribution in [1.29, 1.82) is 0 Å².